The minimum absolute atomic E-state index is 0.0972. The van der Waals surface area contributed by atoms with E-state index in [4.69, 9.17) is 5.11 Å². The number of hydrogen-bond donors (Lipinski definition) is 1. The smallest absolute Gasteiger partial charge is 0.311 e. The van der Waals surface area contributed by atoms with Crippen molar-refractivity contribution in [2.45, 2.75) is 19.3 Å². The van der Waals surface area contributed by atoms with Gasteiger partial charge in [-0.05, 0) is 18.6 Å². The van der Waals surface area contributed by atoms with E-state index < -0.39 is 22.6 Å². The number of aliphatic carboxylic acids is 1. The average Bonchev–Trinajstić information content (AvgIpc) is 2.17. The number of nitrogens with zero attached hydrogens (tertiary/aromatic N) is 1. The van der Waals surface area contributed by atoms with Crippen molar-refractivity contribution in [3.63, 3.8) is 0 Å². The molecule has 1 aromatic rings. The highest BCUT2D eigenvalue weighted by atomic mass is 19.1. The van der Waals surface area contributed by atoms with Crippen molar-refractivity contribution in [2.75, 3.05) is 0 Å². The molecule has 0 amide bonds. The molecule has 0 aliphatic rings. The lowest BCUT2D eigenvalue weighted by Crippen LogP contribution is -2.12. The van der Waals surface area contributed by atoms with E-state index >= 15 is 0 Å². The molecule has 5 nitrogen and oxygen atoms in total. The standard InChI is InChI=1S/C10H10FNO4/c1-2-7(10(13)14)8-5-6(11)3-4-9(8)12(15)16/h3-5,7H,2H2,1H3,(H,13,14). The van der Waals surface area contributed by atoms with E-state index in [1.807, 2.05) is 0 Å². The second-order valence-corrected chi connectivity index (χ2v) is 3.26. The Labute approximate surface area is 90.7 Å². The fraction of sp³-hybridized carbons (Fsp3) is 0.300. The summed E-state index contributed by atoms with van der Waals surface area (Å²) in [5.41, 5.74) is -0.462. The van der Waals surface area contributed by atoms with Gasteiger partial charge in [0, 0.05) is 11.6 Å². The van der Waals surface area contributed by atoms with Gasteiger partial charge >= 0.3 is 5.97 Å². The number of carboxylic acids is 1. The van der Waals surface area contributed by atoms with Crippen LogP contribution in [0.3, 0.4) is 0 Å². The molecule has 0 aliphatic heterocycles. The summed E-state index contributed by atoms with van der Waals surface area (Å²) < 4.78 is 13.0. The predicted octanol–water partition coefficient (Wildman–Crippen LogP) is 2.31. The van der Waals surface area contributed by atoms with Crippen molar-refractivity contribution in [2.24, 2.45) is 0 Å². The zero-order valence-corrected chi connectivity index (χ0v) is 8.51. The summed E-state index contributed by atoms with van der Waals surface area (Å²) in [6.45, 7) is 1.58. The molecule has 0 aliphatic carbocycles. The molecule has 0 aromatic heterocycles. The van der Waals surface area contributed by atoms with Crippen molar-refractivity contribution in [3.05, 3.63) is 39.7 Å². The summed E-state index contributed by atoms with van der Waals surface area (Å²) in [6.07, 6.45) is 0.166. The monoisotopic (exact) mass is 227 g/mol. The third-order valence-electron chi connectivity index (χ3n) is 2.27. The maximum atomic E-state index is 13.0. The van der Waals surface area contributed by atoms with Gasteiger partial charge in [0.1, 0.15) is 5.82 Å². The number of hydrogen-bond acceptors (Lipinski definition) is 3. The molecule has 0 radical (unpaired) electrons. The summed E-state index contributed by atoms with van der Waals surface area (Å²) in [6, 6.07) is 2.83. The van der Waals surface area contributed by atoms with E-state index in [1.165, 1.54) is 0 Å². The molecule has 0 bridgehead atoms. The molecule has 0 fully saturated rings. The van der Waals surface area contributed by atoms with Gasteiger partial charge in [0.2, 0.25) is 0 Å². The van der Waals surface area contributed by atoms with Gasteiger partial charge in [-0.3, -0.25) is 14.9 Å². The molecular formula is C10H10FNO4. The van der Waals surface area contributed by atoms with Crippen molar-refractivity contribution >= 4 is 11.7 Å². The van der Waals surface area contributed by atoms with Crippen molar-refractivity contribution in [1.29, 1.82) is 0 Å². The van der Waals surface area contributed by atoms with Gasteiger partial charge in [-0.2, -0.15) is 0 Å². The molecule has 0 spiro atoms. The summed E-state index contributed by atoms with van der Waals surface area (Å²) in [5, 5.41) is 19.5. The van der Waals surface area contributed by atoms with Gasteiger partial charge in [0.25, 0.3) is 5.69 Å². The van der Waals surface area contributed by atoms with Crippen LogP contribution in [0.4, 0.5) is 10.1 Å². The number of carboxylic acid groups (broad SMARTS) is 1. The Hall–Kier alpha value is -1.98. The maximum absolute atomic E-state index is 13.0. The molecule has 1 unspecified atom stereocenters. The fourth-order valence-electron chi connectivity index (χ4n) is 1.50. The van der Waals surface area contributed by atoms with Crippen LogP contribution in [0.15, 0.2) is 18.2 Å². The zero-order chi connectivity index (χ0) is 12.3. The second kappa shape index (κ2) is 4.69. The number of carbonyl (C=O) groups is 1. The molecule has 0 saturated heterocycles. The molecule has 16 heavy (non-hydrogen) atoms. The van der Waals surface area contributed by atoms with Crippen LogP contribution in [-0.2, 0) is 4.79 Å². The Morgan fingerprint density at radius 2 is 2.25 bits per heavy atom. The maximum Gasteiger partial charge on any atom is 0.311 e. The minimum atomic E-state index is -1.20. The Kier molecular flexibility index (Phi) is 3.55. The lowest BCUT2D eigenvalue weighted by Gasteiger charge is -2.10. The van der Waals surface area contributed by atoms with Crippen LogP contribution in [0.25, 0.3) is 0 Å². The quantitative estimate of drug-likeness (QED) is 0.632. The van der Waals surface area contributed by atoms with E-state index in [0.717, 1.165) is 18.2 Å². The van der Waals surface area contributed by atoms with Crippen LogP contribution in [0.1, 0.15) is 24.8 Å². The first kappa shape index (κ1) is 12.1. The molecule has 0 saturated carbocycles. The summed E-state index contributed by atoms with van der Waals surface area (Å²) in [5.74, 6) is -2.94. The number of benzene rings is 1. The van der Waals surface area contributed by atoms with Gasteiger partial charge in [0.05, 0.1) is 10.8 Å². The number of halogens is 1. The molecule has 1 atom stereocenters. The topological polar surface area (TPSA) is 80.4 Å². The lowest BCUT2D eigenvalue weighted by atomic mass is 9.95. The Morgan fingerprint density at radius 1 is 1.62 bits per heavy atom. The van der Waals surface area contributed by atoms with Gasteiger partial charge in [0.15, 0.2) is 0 Å². The van der Waals surface area contributed by atoms with E-state index in [9.17, 15) is 19.3 Å². The van der Waals surface area contributed by atoms with Crippen LogP contribution in [0.2, 0.25) is 0 Å². The normalized spacial score (nSPS) is 12.1. The molecule has 1 rings (SSSR count). The lowest BCUT2D eigenvalue weighted by molar-refractivity contribution is -0.385. The number of nitro groups is 1. The molecule has 0 heterocycles. The van der Waals surface area contributed by atoms with E-state index in [0.29, 0.717) is 0 Å². The Balaban J connectivity index is 3.33. The van der Waals surface area contributed by atoms with Crippen molar-refractivity contribution in [1.82, 2.24) is 0 Å². The number of rotatable bonds is 4. The molecular weight excluding hydrogens is 217 g/mol. The summed E-state index contributed by atoms with van der Waals surface area (Å²) >= 11 is 0. The number of nitro benzene ring substituents is 1. The van der Waals surface area contributed by atoms with Gasteiger partial charge in [-0.25, -0.2) is 4.39 Å². The van der Waals surface area contributed by atoms with Gasteiger partial charge in [-0.15, -0.1) is 0 Å². The summed E-state index contributed by atoms with van der Waals surface area (Å²) in [7, 11) is 0. The fourth-order valence-corrected chi connectivity index (χ4v) is 1.50. The average molecular weight is 227 g/mol. The van der Waals surface area contributed by atoms with Crippen LogP contribution in [-0.4, -0.2) is 16.0 Å². The molecule has 1 N–H and O–H groups in total. The van der Waals surface area contributed by atoms with Crippen molar-refractivity contribution in [3.8, 4) is 0 Å². The van der Waals surface area contributed by atoms with E-state index in [-0.39, 0.29) is 17.7 Å². The van der Waals surface area contributed by atoms with E-state index in [1.54, 1.807) is 6.92 Å². The second-order valence-electron chi connectivity index (χ2n) is 3.26. The Morgan fingerprint density at radius 3 is 2.69 bits per heavy atom. The molecule has 6 heteroatoms. The Bertz CT molecular complexity index is 433. The van der Waals surface area contributed by atoms with Crippen LogP contribution in [0.5, 0.6) is 0 Å². The predicted molar refractivity (Wildman–Crippen MR) is 53.7 cm³/mol. The SMILES string of the molecule is CCC(C(=O)O)c1cc(F)ccc1[N+](=O)[O-]. The van der Waals surface area contributed by atoms with E-state index in [2.05, 4.69) is 0 Å². The van der Waals surface area contributed by atoms with Gasteiger partial charge in [-0.1, -0.05) is 6.92 Å². The van der Waals surface area contributed by atoms with Crippen LogP contribution in [0, 0.1) is 15.9 Å². The van der Waals surface area contributed by atoms with Gasteiger partial charge < -0.3 is 5.11 Å². The first-order valence-corrected chi connectivity index (χ1v) is 4.64. The van der Waals surface area contributed by atoms with Crippen LogP contribution < -0.4 is 0 Å². The zero-order valence-electron chi connectivity index (χ0n) is 8.51. The summed E-state index contributed by atoms with van der Waals surface area (Å²) in [4.78, 5) is 20.8. The molecule has 86 valence electrons. The van der Waals surface area contributed by atoms with Crippen molar-refractivity contribution < 1.29 is 19.2 Å². The highest BCUT2D eigenvalue weighted by Crippen LogP contribution is 2.29. The minimum Gasteiger partial charge on any atom is -0.481 e. The molecule has 1 aromatic carbocycles. The third kappa shape index (κ3) is 2.33. The largest absolute Gasteiger partial charge is 0.481 e. The van der Waals surface area contributed by atoms with Crippen LogP contribution >= 0.6 is 0 Å². The first-order chi connectivity index (χ1) is 7.47. The highest BCUT2D eigenvalue weighted by molar-refractivity contribution is 5.77. The highest BCUT2D eigenvalue weighted by Gasteiger charge is 2.26. The first-order valence-electron chi connectivity index (χ1n) is 4.64. The third-order valence-corrected chi connectivity index (χ3v) is 2.27.